The molecule has 0 aliphatic carbocycles. The molecule has 0 aromatic heterocycles. The summed E-state index contributed by atoms with van der Waals surface area (Å²) in [5.74, 6) is -0.168. The largest absolute Gasteiger partial charge is 0.497 e. The number of carbonyl (C=O) groups is 3. The van der Waals surface area contributed by atoms with Crippen molar-refractivity contribution < 1.29 is 19.1 Å². The van der Waals surface area contributed by atoms with Crippen LogP contribution >= 0.6 is 11.8 Å². The van der Waals surface area contributed by atoms with E-state index in [0.717, 1.165) is 44.7 Å². The molecule has 3 amide bonds. The SMILES string of the molecule is COc1ccc(C=C2SC(=O)N(CC(=O)Nc3ccc(C)c(C)c3)C2=O)c(C)c1. The van der Waals surface area contributed by atoms with Crippen LogP contribution in [-0.2, 0) is 9.59 Å². The average molecular weight is 410 g/mol. The van der Waals surface area contributed by atoms with Gasteiger partial charge in [0.2, 0.25) is 5.91 Å². The molecular formula is C22H22N2O4S. The molecule has 1 aliphatic heterocycles. The van der Waals surface area contributed by atoms with Crippen molar-refractivity contribution in [2.75, 3.05) is 19.0 Å². The van der Waals surface area contributed by atoms with E-state index in [1.54, 1.807) is 25.3 Å². The molecule has 2 aromatic carbocycles. The van der Waals surface area contributed by atoms with Crippen LogP contribution in [0.2, 0.25) is 0 Å². The van der Waals surface area contributed by atoms with Crippen LogP contribution in [0.25, 0.3) is 6.08 Å². The highest BCUT2D eigenvalue weighted by Crippen LogP contribution is 2.33. The van der Waals surface area contributed by atoms with Crippen LogP contribution in [0.3, 0.4) is 0 Å². The van der Waals surface area contributed by atoms with Gasteiger partial charge < -0.3 is 10.1 Å². The van der Waals surface area contributed by atoms with Crippen molar-refractivity contribution in [2.24, 2.45) is 0 Å². The minimum Gasteiger partial charge on any atom is -0.497 e. The molecule has 1 aliphatic rings. The molecule has 29 heavy (non-hydrogen) atoms. The lowest BCUT2D eigenvalue weighted by Gasteiger charge is -2.13. The number of methoxy groups -OCH3 is 1. The number of anilines is 1. The summed E-state index contributed by atoms with van der Waals surface area (Å²) in [5, 5.41) is 2.28. The Morgan fingerprint density at radius 3 is 2.48 bits per heavy atom. The summed E-state index contributed by atoms with van der Waals surface area (Å²) in [5.41, 5.74) is 4.54. The zero-order valence-corrected chi connectivity index (χ0v) is 17.6. The number of benzene rings is 2. The molecule has 1 fully saturated rings. The first-order valence-electron chi connectivity index (χ1n) is 9.05. The summed E-state index contributed by atoms with van der Waals surface area (Å²) >= 11 is 0.835. The van der Waals surface area contributed by atoms with Crippen LogP contribution < -0.4 is 10.1 Å². The molecule has 7 heteroatoms. The smallest absolute Gasteiger partial charge is 0.294 e. The van der Waals surface area contributed by atoms with E-state index in [4.69, 9.17) is 4.74 Å². The molecule has 2 aromatic rings. The van der Waals surface area contributed by atoms with Crippen molar-refractivity contribution in [3.8, 4) is 5.75 Å². The number of nitrogens with one attached hydrogen (secondary N) is 1. The minimum atomic E-state index is -0.467. The number of imide groups is 1. The lowest BCUT2D eigenvalue weighted by atomic mass is 10.1. The molecule has 0 bridgehead atoms. The first-order valence-corrected chi connectivity index (χ1v) is 9.87. The first kappa shape index (κ1) is 20.7. The van der Waals surface area contributed by atoms with E-state index in [0.29, 0.717) is 10.6 Å². The molecule has 0 atom stereocenters. The number of nitrogens with zero attached hydrogens (tertiary/aromatic N) is 1. The number of aryl methyl sites for hydroxylation is 3. The summed E-state index contributed by atoms with van der Waals surface area (Å²) in [7, 11) is 1.59. The second-order valence-electron chi connectivity index (χ2n) is 6.84. The predicted octanol–water partition coefficient (Wildman–Crippen LogP) is 4.30. The van der Waals surface area contributed by atoms with Crippen LogP contribution in [0.5, 0.6) is 5.75 Å². The van der Waals surface area contributed by atoms with E-state index in [-0.39, 0.29) is 6.54 Å². The van der Waals surface area contributed by atoms with Gasteiger partial charge in [-0.2, -0.15) is 0 Å². The Morgan fingerprint density at radius 2 is 1.83 bits per heavy atom. The van der Waals surface area contributed by atoms with E-state index < -0.39 is 17.1 Å². The van der Waals surface area contributed by atoms with Crippen LogP contribution in [0.15, 0.2) is 41.3 Å². The third kappa shape index (κ3) is 4.68. The molecule has 0 unspecified atom stereocenters. The van der Waals surface area contributed by atoms with Crippen molar-refractivity contribution in [3.05, 3.63) is 63.6 Å². The summed E-state index contributed by atoms with van der Waals surface area (Å²) in [6, 6.07) is 11.0. The zero-order valence-electron chi connectivity index (χ0n) is 16.7. The van der Waals surface area contributed by atoms with Gasteiger partial charge in [-0.05, 0) is 85.1 Å². The van der Waals surface area contributed by atoms with Gasteiger partial charge in [0, 0.05) is 5.69 Å². The van der Waals surface area contributed by atoms with Gasteiger partial charge in [0.1, 0.15) is 12.3 Å². The van der Waals surface area contributed by atoms with E-state index >= 15 is 0 Å². The third-order valence-electron chi connectivity index (χ3n) is 4.73. The maximum Gasteiger partial charge on any atom is 0.294 e. The third-order valence-corrected chi connectivity index (χ3v) is 5.64. The number of ether oxygens (including phenoxy) is 1. The van der Waals surface area contributed by atoms with Crippen LogP contribution in [0.4, 0.5) is 10.5 Å². The molecule has 0 spiro atoms. The fourth-order valence-corrected chi connectivity index (χ4v) is 3.71. The molecule has 1 N–H and O–H groups in total. The Bertz CT molecular complexity index is 1030. The fourth-order valence-electron chi connectivity index (χ4n) is 2.88. The Kier molecular flexibility index (Phi) is 6.08. The van der Waals surface area contributed by atoms with Gasteiger partial charge in [0.25, 0.3) is 11.1 Å². The monoisotopic (exact) mass is 410 g/mol. The number of hydrogen-bond donors (Lipinski definition) is 1. The second kappa shape index (κ2) is 8.53. The maximum atomic E-state index is 12.7. The predicted molar refractivity (Wildman–Crippen MR) is 115 cm³/mol. The van der Waals surface area contributed by atoms with Gasteiger partial charge in [0.15, 0.2) is 0 Å². The lowest BCUT2D eigenvalue weighted by molar-refractivity contribution is -0.127. The first-order chi connectivity index (χ1) is 13.8. The molecular weight excluding hydrogens is 388 g/mol. The van der Waals surface area contributed by atoms with E-state index in [2.05, 4.69) is 5.32 Å². The summed E-state index contributed by atoms with van der Waals surface area (Å²) in [6.07, 6.45) is 1.67. The number of thioether (sulfide) groups is 1. The lowest BCUT2D eigenvalue weighted by Crippen LogP contribution is -2.36. The van der Waals surface area contributed by atoms with E-state index in [9.17, 15) is 14.4 Å². The number of hydrogen-bond acceptors (Lipinski definition) is 5. The number of carbonyl (C=O) groups excluding carboxylic acids is 3. The Hall–Kier alpha value is -3.06. The minimum absolute atomic E-state index is 0.294. The summed E-state index contributed by atoms with van der Waals surface area (Å²) < 4.78 is 5.18. The van der Waals surface area contributed by atoms with Gasteiger partial charge in [-0.1, -0.05) is 12.1 Å². The van der Waals surface area contributed by atoms with E-state index in [1.165, 1.54) is 0 Å². The molecule has 0 radical (unpaired) electrons. The van der Waals surface area contributed by atoms with Crippen molar-refractivity contribution in [1.82, 2.24) is 4.90 Å². The van der Waals surface area contributed by atoms with Gasteiger partial charge in [-0.15, -0.1) is 0 Å². The van der Waals surface area contributed by atoms with E-state index in [1.807, 2.05) is 45.0 Å². The molecule has 1 heterocycles. The maximum absolute atomic E-state index is 12.7. The van der Waals surface area contributed by atoms with Crippen molar-refractivity contribution in [1.29, 1.82) is 0 Å². The van der Waals surface area contributed by atoms with Gasteiger partial charge >= 0.3 is 0 Å². The highest BCUT2D eigenvalue weighted by Gasteiger charge is 2.36. The highest BCUT2D eigenvalue weighted by atomic mass is 32.2. The quantitative estimate of drug-likeness (QED) is 0.744. The molecule has 1 saturated heterocycles. The number of amides is 3. The Labute approximate surface area is 173 Å². The van der Waals surface area contributed by atoms with Gasteiger partial charge in [0.05, 0.1) is 12.0 Å². The summed E-state index contributed by atoms with van der Waals surface area (Å²) in [4.78, 5) is 38.5. The van der Waals surface area contributed by atoms with Crippen molar-refractivity contribution >= 4 is 40.6 Å². The van der Waals surface area contributed by atoms with Crippen molar-refractivity contribution in [3.63, 3.8) is 0 Å². The second-order valence-corrected chi connectivity index (χ2v) is 7.83. The van der Waals surface area contributed by atoms with Crippen molar-refractivity contribution in [2.45, 2.75) is 20.8 Å². The zero-order chi connectivity index (χ0) is 21.1. The normalized spacial score (nSPS) is 15.2. The molecule has 3 rings (SSSR count). The topological polar surface area (TPSA) is 75.7 Å². The molecule has 6 nitrogen and oxygen atoms in total. The van der Waals surface area contributed by atoms with Gasteiger partial charge in [-0.25, -0.2) is 0 Å². The van der Waals surface area contributed by atoms with Gasteiger partial charge in [-0.3, -0.25) is 19.3 Å². The molecule has 150 valence electrons. The Balaban J connectivity index is 1.71. The van der Waals surface area contributed by atoms with Crippen LogP contribution in [0.1, 0.15) is 22.3 Å². The van der Waals surface area contributed by atoms with Crippen LogP contribution in [-0.4, -0.2) is 35.6 Å². The fraction of sp³-hybridized carbons (Fsp3) is 0.227. The standard InChI is InChI=1S/C22H22N2O4S/c1-13-5-7-17(9-14(13)2)23-20(25)12-24-21(26)19(29-22(24)27)11-16-6-8-18(28-4)10-15(16)3/h5-11H,12H2,1-4H3,(H,23,25). The Morgan fingerprint density at radius 1 is 1.07 bits per heavy atom. The van der Waals surface area contributed by atoms with Crippen LogP contribution in [0, 0.1) is 20.8 Å². The molecule has 0 saturated carbocycles. The number of rotatable bonds is 5. The summed E-state index contributed by atoms with van der Waals surface area (Å²) in [6.45, 7) is 5.51. The average Bonchev–Trinajstić information content (AvgIpc) is 2.93. The highest BCUT2D eigenvalue weighted by molar-refractivity contribution is 8.18.